The fraction of sp³-hybridized carbons (Fsp3) is 0.0625. The molecule has 0 N–H and O–H groups in total. The summed E-state index contributed by atoms with van der Waals surface area (Å²) in [4.78, 5) is 12.5. The number of rotatable bonds is 2. The van der Waals surface area contributed by atoms with Gasteiger partial charge in [-0.15, -0.1) is 0 Å². The van der Waals surface area contributed by atoms with Crippen LogP contribution < -0.4 is 0 Å². The first-order valence-electron chi connectivity index (χ1n) is 6.37. The molecule has 2 aromatic rings. The number of nitrogens with zero attached hydrogens (tertiary/aromatic N) is 1. The third kappa shape index (κ3) is 2.78. The summed E-state index contributed by atoms with van der Waals surface area (Å²) in [5.74, 6) is -0.810. The summed E-state index contributed by atoms with van der Waals surface area (Å²) < 4.78 is 29.7. The molecule has 0 saturated carbocycles. The van der Waals surface area contributed by atoms with E-state index in [9.17, 15) is 13.4 Å². The molecule has 1 amide bonds. The van der Waals surface area contributed by atoms with E-state index in [1.165, 1.54) is 12.1 Å². The second-order valence-corrected chi connectivity index (χ2v) is 6.94. The quantitative estimate of drug-likeness (QED) is 0.799. The Bertz CT molecular complexity index is 850. The fourth-order valence-electron chi connectivity index (χ4n) is 2.17. The lowest BCUT2D eigenvalue weighted by molar-refractivity contribution is -0.113. The predicted molar refractivity (Wildman–Crippen MR) is 79.5 cm³/mol. The van der Waals surface area contributed by atoms with Gasteiger partial charge in [-0.25, -0.2) is 8.60 Å². The third-order valence-electron chi connectivity index (χ3n) is 3.16. The molecular weight excluding hydrogens is 289 g/mol. The van der Waals surface area contributed by atoms with Crippen LogP contribution in [-0.2, 0) is 14.5 Å². The minimum absolute atomic E-state index is 0.0619. The van der Waals surface area contributed by atoms with Gasteiger partial charge in [0, 0.05) is 10.5 Å². The van der Waals surface area contributed by atoms with Crippen molar-refractivity contribution in [3.8, 4) is 0 Å². The molecule has 1 aliphatic heterocycles. The maximum absolute atomic E-state index is 13.2. The molecule has 0 aromatic heterocycles. The zero-order chi connectivity index (χ0) is 14.9. The minimum atomic E-state index is -2.75. The normalized spacial score (nSPS) is 23.3. The summed E-state index contributed by atoms with van der Waals surface area (Å²) in [6.07, 6.45) is 1.55. The van der Waals surface area contributed by atoms with Crippen molar-refractivity contribution in [2.45, 2.75) is 4.90 Å². The van der Waals surface area contributed by atoms with Crippen LogP contribution in [0.2, 0.25) is 0 Å². The Balaban J connectivity index is 1.97. The standard InChI is InChI=1S/C16H12FNO2S/c17-14-6-4-5-12(10-14)9-13-11-21(20,18-16(13)19)15-7-2-1-3-8-15/h1-10H,11H2/b13-9+. The monoisotopic (exact) mass is 301 g/mol. The van der Waals surface area contributed by atoms with Gasteiger partial charge in [0.05, 0.1) is 15.5 Å². The lowest BCUT2D eigenvalue weighted by Crippen LogP contribution is -2.02. The largest absolute Gasteiger partial charge is 0.282 e. The van der Waals surface area contributed by atoms with Crippen LogP contribution in [0.15, 0.2) is 69.4 Å². The van der Waals surface area contributed by atoms with Crippen LogP contribution in [0.4, 0.5) is 4.39 Å². The maximum atomic E-state index is 13.2. The van der Waals surface area contributed by atoms with Crippen LogP contribution in [0.25, 0.3) is 6.08 Å². The van der Waals surface area contributed by atoms with Crippen LogP contribution in [-0.4, -0.2) is 15.9 Å². The number of amides is 1. The molecular formula is C16H12FNO2S. The van der Waals surface area contributed by atoms with Crippen molar-refractivity contribution in [1.82, 2.24) is 0 Å². The molecule has 3 nitrogen and oxygen atoms in total. The van der Waals surface area contributed by atoms with E-state index in [1.807, 2.05) is 6.07 Å². The summed E-state index contributed by atoms with van der Waals surface area (Å²) >= 11 is 0. The molecule has 0 fully saturated rings. The van der Waals surface area contributed by atoms with E-state index in [2.05, 4.69) is 4.36 Å². The average molecular weight is 301 g/mol. The molecule has 0 aliphatic carbocycles. The van der Waals surface area contributed by atoms with Crippen molar-refractivity contribution in [3.63, 3.8) is 0 Å². The first-order chi connectivity index (χ1) is 10.1. The van der Waals surface area contributed by atoms with Crippen molar-refractivity contribution < 1.29 is 13.4 Å². The van der Waals surface area contributed by atoms with E-state index in [4.69, 9.17) is 0 Å². The van der Waals surface area contributed by atoms with Gasteiger partial charge in [0.1, 0.15) is 5.82 Å². The van der Waals surface area contributed by atoms with Crippen molar-refractivity contribution in [3.05, 3.63) is 71.6 Å². The maximum Gasteiger partial charge on any atom is 0.282 e. The highest BCUT2D eigenvalue weighted by molar-refractivity contribution is 7.94. The first kappa shape index (κ1) is 13.7. The highest BCUT2D eigenvalue weighted by Gasteiger charge is 2.27. The van der Waals surface area contributed by atoms with Crippen molar-refractivity contribution >= 4 is 21.7 Å². The summed E-state index contributed by atoms with van der Waals surface area (Å²) in [6.45, 7) is 0. The minimum Gasteiger partial charge on any atom is -0.266 e. The van der Waals surface area contributed by atoms with Gasteiger partial charge in [0.25, 0.3) is 5.91 Å². The first-order valence-corrected chi connectivity index (χ1v) is 8.06. The summed E-state index contributed by atoms with van der Waals surface area (Å²) in [5, 5.41) is 0. The smallest absolute Gasteiger partial charge is 0.266 e. The van der Waals surface area contributed by atoms with Gasteiger partial charge in [0.2, 0.25) is 0 Å². The van der Waals surface area contributed by atoms with Crippen LogP contribution in [0, 0.1) is 5.82 Å². The van der Waals surface area contributed by atoms with Gasteiger partial charge in [-0.1, -0.05) is 30.3 Å². The zero-order valence-corrected chi connectivity index (χ0v) is 11.8. The van der Waals surface area contributed by atoms with Gasteiger partial charge in [-0.05, 0) is 35.9 Å². The fourth-order valence-corrected chi connectivity index (χ4v) is 4.10. The lowest BCUT2D eigenvalue weighted by atomic mass is 10.1. The average Bonchev–Trinajstić information content (AvgIpc) is 2.76. The third-order valence-corrected chi connectivity index (χ3v) is 5.33. The van der Waals surface area contributed by atoms with Crippen molar-refractivity contribution in [2.24, 2.45) is 4.36 Å². The molecule has 1 unspecified atom stereocenters. The van der Waals surface area contributed by atoms with E-state index in [1.54, 1.807) is 42.5 Å². The number of benzene rings is 2. The Morgan fingerprint density at radius 2 is 1.86 bits per heavy atom. The molecule has 5 heteroatoms. The summed E-state index contributed by atoms with van der Waals surface area (Å²) in [7, 11) is -2.75. The van der Waals surface area contributed by atoms with Gasteiger partial charge < -0.3 is 0 Å². The topological polar surface area (TPSA) is 46.5 Å². The molecule has 2 aromatic carbocycles. The molecule has 1 heterocycles. The van der Waals surface area contributed by atoms with Crippen molar-refractivity contribution in [2.75, 3.05) is 5.75 Å². The Morgan fingerprint density at radius 3 is 2.57 bits per heavy atom. The summed E-state index contributed by atoms with van der Waals surface area (Å²) in [6, 6.07) is 14.6. The highest BCUT2D eigenvalue weighted by atomic mass is 32.2. The molecule has 0 radical (unpaired) electrons. The van der Waals surface area contributed by atoms with Crippen LogP contribution in [0.1, 0.15) is 5.56 Å². The van der Waals surface area contributed by atoms with Gasteiger partial charge in [0.15, 0.2) is 0 Å². The second-order valence-electron chi connectivity index (χ2n) is 4.72. The zero-order valence-electron chi connectivity index (χ0n) is 11.0. The molecule has 3 rings (SSSR count). The summed E-state index contributed by atoms with van der Waals surface area (Å²) in [5.41, 5.74) is 0.903. The second kappa shape index (κ2) is 5.26. The van der Waals surface area contributed by atoms with Gasteiger partial charge in [-0.2, -0.15) is 4.36 Å². The number of carbonyl (C=O) groups is 1. The molecule has 1 aliphatic rings. The number of halogens is 1. The van der Waals surface area contributed by atoms with Gasteiger partial charge in [-0.3, -0.25) is 4.79 Å². The van der Waals surface area contributed by atoms with E-state index in [-0.39, 0.29) is 11.6 Å². The Morgan fingerprint density at radius 1 is 1.10 bits per heavy atom. The Labute approximate surface area is 122 Å². The van der Waals surface area contributed by atoms with Crippen LogP contribution in [0.5, 0.6) is 0 Å². The van der Waals surface area contributed by atoms with E-state index < -0.39 is 15.6 Å². The number of hydrogen-bond donors (Lipinski definition) is 0. The van der Waals surface area contributed by atoms with Crippen LogP contribution >= 0.6 is 0 Å². The molecule has 0 spiro atoms. The van der Waals surface area contributed by atoms with E-state index in [0.717, 1.165) is 0 Å². The number of hydrogen-bond acceptors (Lipinski definition) is 2. The highest BCUT2D eigenvalue weighted by Crippen LogP contribution is 2.25. The molecule has 21 heavy (non-hydrogen) atoms. The van der Waals surface area contributed by atoms with E-state index >= 15 is 0 Å². The SMILES string of the molecule is O=C1N=S(=O)(c2ccccc2)C/C1=C\c1cccc(F)c1. The van der Waals surface area contributed by atoms with Gasteiger partial charge >= 0.3 is 0 Å². The molecule has 106 valence electrons. The molecule has 0 saturated heterocycles. The Kier molecular flexibility index (Phi) is 3.43. The van der Waals surface area contributed by atoms with E-state index in [0.29, 0.717) is 16.0 Å². The van der Waals surface area contributed by atoms with Crippen LogP contribution in [0.3, 0.4) is 0 Å². The van der Waals surface area contributed by atoms with Crippen molar-refractivity contribution in [1.29, 1.82) is 0 Å². The Hall–Kier alpha value is -2.27. The number of carbonyl (C=O) groups excluding carboxylic acids is 1. The molecule has 0 bridgehead atoms. The predicted octanol–water partition coefficient (Wildman–Crippen LogP) is 3.28. The lowest BCUT2D eigenvalue weighted by Gasteiger charge is -2.02. The molecule has 1 atom stereocenters.